The first-order chi connectivity index (χ1) is 18.7. The van der Waals surface area contributed by atoms with E-state index >= 15 is 0 Å². The third-order valence-electron chi connectivity index (χ3n) is 7.79. The Balaban J connectivity index is 1.44. The van der Waals surface area contributed by atoms with Gasteiger partial charge in [-0.05, 0) is 87.1 Å². The summed E-state index contributed by atoms with van der Waals surface area (Å²) in [6.45, 7) is 4.19. The van der Waals surface area contributed by atoms with Crippen LogP contribution in [0.2, 0.25) is 0 Å². The Morgan fingerprint density at radius 3 is 2.59 bits per heavy atom. The number of nitrogens with zero attached hydrogens (tertiary/aromatic N) is 6. The average Bonchev–Trinajstić information content (AvgIpc) is 3.59. The molecule has 1 fully saturated rings. The molecule has 2 aliphatic carbocycles. The highest BCUT2D eigenvalue weighted by Gasteiger charge is 2.52. The van der Waals surface area contributed by atoms with Crippen LogP contribution in [-0.4, -0.2) is 49.2 Å². The van der Waals surface area contributed by atoms with E-state index in [0.29, 0.717) is 30.8 Å². The van der Waals surface area contributed by atoms with Gasteiger partial charge >= 0.3 is 0 Å². The quantitative estimate of drug-likeness (QED) is 0.334. The summed E-state index contributed by atoms with van der Waals surface area (Å²) < 4.78 is 42.7. The lowest BCUT2D eigenvalue weighted by atomic mass is 9.61. The summed E-state index contributed by atoms with van der Waals surface area (Å²) in [6, 6.07) is 9.59. The molecule has 39 heavy (non-hydrogen) atoms. The fourth-order valence-corrected chi connectivity index (χ4v) is 7.38. The predicted molar refractivity (Wildman–Crippen MR) is 141 cm³/mol. The lowest BCUT2D eigenvalue weighted by molar-refractivity contribution is 0.0796. The predicted octanol–water partition coefficient (Wildman–Crippen LogP) is 4.16. The molecule has 2 atom stereocenters. The number of hydrogen-bond donors (Lipinski definition) is 0. The number of Topliss-reactive ketones (excluding diaryl/α,β-unsaturated/α-hetero) is 1. The SMILES string of the molecule is CCn1ncc(S(=O)(=O)[C@H]2CCC3=Cc4c(cnn4-c4ccc(F)cc4)C[C@]3(C(=O)c3ccc(C)cn3)C2)n1. The Bertz CT molecular complexity index is 1710. The van der Waals surface area contributed by atoms with Crippen LogP contribution in [0, 0.1) is 18.2 Å². The van der Waals surface area contributed by atoms with Gasteiger partial charge in [-0.25, -0.2) is 17.5 Å². The van der Waals surface area contributed by atoms with Crippen molar-refractivity contribution in [1.29, 1.82) is 0 Å². The molecule has 0 saturated heterocycles. The second-order valence-corrected chi connectivity index (χ2v) is 12.4. The zero-order chi connectivity index (χ0) is 27.4. The number of benzene rings is 1. The van der Waals surface area contributed by atoms with Crippen molar-refractivity contribution in [3.8, 4) is 5.69 Å². The zero-order valence-electron chi connectivity index (χ0n) is 21.6. The summed E-state index contributed by atoms with van der Waals surface area (Å²) in [5.74, 6) is -0.544. The van der Waals surface area contributed by atoms with Crippen molar-refractivity contribution in [2.45, 2.75) is 56.4 Å². The molecule has 0 aliphatic heterocycles. The fourth-order valence-electron chi connectivity index (χ4n) is 5.70. The van der Waals surface area contributed by atoms with E-state index in [2.05, 4.69) is 20.3 Å². The maximum Gasteiger partial charge on any atom is 0.201 e. The van der Waals surface area contributed by atoms with Crippen LogP contribution >= 0.6 is 0 Å². The van der Waals surface area contributed by atoms with Gasteiger partial charge in [0, 0.05) is 6.20 Å². The lowest BCUT2D eigenvalue weighted by Crippen LogP contribution is -2.46. The Kier molecular flexibility index (Phi) is 6.05. The number of halogens is 1. The molecule has 200 valence electrons. The van der Waals surface area contributed by atoms with Crippen LogP contribution < -0.4 is 0 Å². The Labute approximate surface area is 225 Å². The molecule has 0 unspecified atom stereocenters. The summed E-state index contributed by atoms with van der Waals surface area (Å²) in [7, 11) is -3.83. The van der Waals surface area contributed by atoms with E-state index in [1.165, 1.54) is 23.1 Å². The van der Waals surface area contributed by atoms with Crippen LogP contribution in [-0.2, 0) is 22.8 Å². The number of sulfone groups is 1. The number of carbonyl (C=O) groups is 1. The summed E-state index contributed by atoms with van der Waals surface area (Å²) in [5, 5.41) is 11.9. The first-order valence-electron chi connectivity index (χ1n) is 12.9. The van der Waals surface area contributed by atoms with Crippen molar-refractivity contribution in [3.63, 3.8) is 0 Å². The number of allylic oxidation sites excluding steroid dienone is 1. The van der Waals surface area contributed by atoms with Gasteiger partial charge in [-0.15, -0.1) is 5.10 Å². The molecule has 3 aromatic heterocycles. The standard InChI is InChI=1S/C28H27FN6O3S/c1-3-34-31-17-26(33-34)39(37,38)23-10-5-20-12-25-19(16-32-35(25)22-8-6-21(29)7-9-22)13-28(20,14-23)27(36)24-11-4-18(2)15-30-24/h4,6-9,11-12,15-17,23H,3,5,10,13-14H2,1-2H3/t23-,28-/m0/s1. The maximum atomic E-state index is 14.3. The first kappa shape index (κ1) is 25.3. The molecule has 0 bridgehead atoms. The van der Waals surface area contributed by atoms with E-state index in [-0.39, 0.29) is 29.5 Å². The molecule has 6 rings (SSSR count). The van der Waals surface area contributed by atoms with E-state index in [4.69, 9.17) is 0 Å². The van der Waals surface area contributed by atoms with E-state index in [0.717, 1.165) is 22.4 Å². The van der Waals surface area contributed by atoms with Gasteiger partial charge in [0.15, 0.2) is 10.8 Å². The number of aryl methyl sites for hydroxylation is 2. The average molecular weight is 547 g/mol. The van der Waals surface area contributed by atoms with Gasteiger partial charge < -0.3 is 0 Å². The molecule has 4 aromatic rings. The van der Waals surface area contributed by atoms with Gasteiger partial charge in [0.25, 0.3) is 0 Å². The molecule has 11 heteroatoms. The van der Waals surface area contributed by atoms with E-state index < -0.39 is 20.5 Å². The second-order valence-electron chi connectivity index (χ2n) is 10.2. The highest BCUT2D eigenvalue weighted by Crippen LogP contribution is 2.51. The van der Waals surface area contributed by atoms with Crippen LogP contribution in [0.1, 0.15) is 53.5 Å². The minimum absolute atomic E-state index is 0.0709. The molecular formula is C28H27FN6O3S. The van der Waals surface area contributed by atoms with Gasteiger partial charge in [-0.1, -0.05) is 11.6 Å². The highest BCUT2D eigenvalue weighted by molar-refractivity contribution is 7.92. The Morgan fingerprint density at radius 2 is 1.90 bits per heavy atom. The summed E-state index contributed by atoms with van der Waals surface area (Å²) in [6.07, 6.45) is 7.75. The number of carbonyl (C=O) groups excluding carboxylic acids is 1. The third-order valence-corrected chi connectivity index (χ3v) is 9.84. The molecule has 3 heterocycles. The normalized spacial score (nSPS) is 20.7. The first-order valence-corrected chi connectivity index (χ1v) is 14.4. The monoisotopic (exact) mass is 546 g/mol. The van der Waals surface area contributed by atoms with Crippen LogP contribution in [0.5, 0.6) is 0 Å². The van der Waals surface area contributed by atoms with Crippen molar-refractivity contribution in [2.75, 3.05) is 0 Å². The fraction of sp³-hybridized carbons (Fsp3) is 0.321. The van der Waals surface area contributed by atoms with E-state index in [1.807, 2.05) is 26.0 Å². The van der Waals surface area contributed by atoms with Crippen molar-refractivity contribution in [1.82, 2.24) is 29.8 Å². The van der Waals surface area contributed by atoms with Crippen molar-refractivity contribution >= 4 is 21.7 Å². The third kappa shape index (κ3) is 4.21. The molecule has 1 saturated carbocycles. The van der Waals surface area contributed by atoms with Crippen LogP contribution in [0.15, 0.2) is 65.6 Å². The number of rotatable bonds is 6. The topological polar surface area (TPSA) is 113 Å². The number of hydrogen-bond acceptors (Lipinski definition) is 7. The molecule has 0 amide bonds. The van der Waals surface area contributed by atoms with Crippen molar-refractivity contribution < 1.29 is 17.6 Å². The largest absolute Gasteiger partial charge is 0.291 e. The number of fused-ring (bicyclic) bond motifs is 2. The van der Waals surface area contributed by atoms with Gasteiger partial charge in [0.2, 0.25) is 9.84 Å². The van der Waals surface area contributed by atoms with Gasteiger partial charge in [0.05, 0.1) is 41.0 Å². The van der Waals surface area contributed by atoms with Crippen molar-refractivity contribution in [3.05, 3.63) is 88.9 Å². The number of pyridine rings is 1. The van der Waals surface area contributed by atoms with Crippen LogP contribution in [0.25, 0.3) is 11.8 Å². The van der Waals surface area contributed by atoms with Crippen molar-refractivity contribution in [2.24, 2.45) is 5.41 Å². The van der Waals surface area contributed by atoms with Gasteiger partial charge in [-0.3, -0.25) is 9.78 Å². The molecule has 1 aromatic carbocycles. The minimum Gasteiger partial charge on any atom is -0.291 e. The maximum absolute atomic E-state index is 14.3. The number of ketones is 1. The molecule has 2 aliphatic rings. The molecule has 0 radical (unpaired) electrons. The summed E-state index contributed by atoms with van der Waals surface area (Å²) in [4.78, 5) is 20.0. The molecular weight excluding hydrogens is 519 g/mol. The Morgan fingerprint density at radius 1 is 1.10 bits per heavy atom. The smallest absolute Gasteiger partial charge is 0.201 e. The van der Waals surface area contributed by atoms with E-state index in [1.54, 1.807) is 35.3 Å². The highest BCUT2D eigenvalue weighted by atomic mass is 32.2. The van der Waals surface area contributed by atoms with Gasteiger partial charge in [0.1, 0.15) is 11.5 Å². The van der Waals surface area contributed by atoms with Crippen LogP contribution in [0.3, 0.4) is 0 Å². The minimum atomic E-state index is -3.83. The molecule has 0 N–H and O–H groups in total. The number of aromatic nitrogens is 6. The molecule has 9 nitrogen and oxygen atoms in total. The Hall–Kier alpha value is -3.99. The van der Waals surface area contributed by atoms with E-state index in [9.17, 15) is 17.6 Å². The van der Waals surface area contributed by atoms with Crippen LogP contribution in [0.4, 0.5) is 4.39 Å². The molecule has 0 spiro atoms. The second kappa shape index (κ2) is 9.33. The summed E-state index contributed by atoms with van der Waals surface area (Å²) in [5.41, 5.74) is 3.31. The zero-order valence-corrected chi connectivity index (χ0v) is 22.4. The summed E-state index contributed by atoms with van der Waals surface area (Å²) >= 11 is 0. The van der Waals surface area contributed by atoms with Gasteiger partial charge in [-0.2, -0.15) is 15.0 Å². The lowest BCUT2D eigenvalue weighted by Gasteiger charge is -2.43.